The van der Waals surface area contributed by atoms with Crippen LogP contribution in [0.15, 0.2) is 12.3 Å². The fourth-order valence-corrected chi connectivity index (χ4v) is 2.42. The van der Waals surface area contributed by atoms with E-state index in [1.807, 2.05) is 38.4 Å². The number of amides is 1. The Morgan fingerprint density at radius 1 is 1.55 bits per heavy atom. The minimum atomic E-state index is -0.461. The van der Waals surface area contributed by atoms with Crippen LogP contribution in [0.4, 0.5) is 4.79 Å². The molecule has 1 fully saturated rings. The normalized spacial score (nSPS) is 21.1. The third-order valence-electron chi connectivity index (χ3n) is 3.33. The summed E-state index contributed by atoms with van der Waals surface area (Å²) in [5.74, 6) is 0. The molecule has 0 saturated carbocycles. The highest BCUT2D eigenvalue weighted by molar-refractivity contribution is 5.68. The van der Waals surface area contributed by atoms with Gasteiger partial charge in [-0.2, -0.15) is 5.10 Å². The molecule has 0 radical (unpaired) electrons. The zero-order valence-electron chi connectivity index (χ0n) is 12.7. The van der Waals surface area contributed by atoms with Crippen LogP contribution in [0.3, 0.4) is 0 Å². The summed E-state index contributed by atoms with van der Waals surface area (Å²) in [6.07, 6.45) is 2.38. The van der Waals surface area contributed by atoms with Gasteiger partial charge in [0.05, 0.1) is 11.7 Å². The number of hydrogen-bond acceptors (Lipinski definition) is 4. The van der Waals surface area contributed by atoms with Gasteiger partial charge >= 0.3 is 6.09 Å². The average molecular weight is 280 g/mol. The van der Waals surface area contributed by atoms with Gasteiger partial charge in [0, 0.05) is 25.3 Å². The molecule has 20 heavy (non-hydrogen) atoms. The Kier molecular flexibility index (Phi) is 4.04. The number of nitrogens with zero attached hydrogens (tertiary/aromatic N) is 3. The molecule has 1 saturated heterocycles. The van der Waals surface area contributed by atoms with E-state index < -0.39 is 5.60 Å². The van der Waals surface area contributed by atoms with Gasteiger partial charge in [-0.25, -0.2) is 4.79 Å². The van der Waals surface area contributed by atoms with Crippen molar-refractivity contribution in [3.05, 3.63) is 18.0 Å². The fraction of sp³-hybridized carbons (Fsp3) is 0.714. The first-order chi connectivity index (χ1) is 9.28. The molecule has 0 spiro atoms. The van der Waals surface area contributed by atoms with Gasteiger partial charge in [0.2, 0.25) is 0 Å². The summed E-state index contributed by atoms with van der Waals surface area (Å²) in [4.78, 5) is 13.8. The number of rotatable bonds is 2. The second-order valence-electron chi connectivity index (χ2n) is 6.36. The molecule has 6 heteroatoms. The SMILES string of the molecule is CC(N)c1ccnn1C1CCN(C(=O)OC(C)(C)C)C1. The van der Waals surface area contributed by atoms with E-state index in [0.717, 1.165) is 12.1 Å². The van der Waals surface area contributed by atoms with Gasteiger partial charge in [0.15, 0.2) is 0 Å². The minimum Gasteiger partial charge on any atom is -0.444 e. The van der Waals surface area contributed by atoms with E-state index in [-0.39, 0.29) is 18.2 Å². The maximum absolute atomic E-state index is 12.0. The summed E-state index contributed by atoms with van der Waals surface area (Å²) in [6.45, 7) is 8.88. The van der Waals surface area contributed by atoms with Crippen LogP contribution in [0.5, 0.6) is 0 Å². The summed E-state index contributed by atoms with van der Waals surface area (Å²) in [7, 11) is 0. The van der Waals surface area contributed by atoms with E-state index in [1.54, 1.807) is 11.1 Å². The predicted molar refractivity (Wildman–Crippen MR) is 76.3 cm³/mol. The fourth-order valence-electron chi connectivity index (χ4n) is 2.42. The van der Waals surface area contributed by atoms with Crippen LogP contribution in [0, 0.1) is 0 Å². The molecule has 2 heterocycles. The molecule has 1 amide bonds. The number of carbonyl (C=O) groups excluding carboxylic acids is 1. The maximum Gasteiger partial charge on any atom is 0.410 e. The van der Waals surface area contributed by atoms with Crippen molar-refractivity contribution in [1.29, 1.82) is 0 Å². The first-order valence-corrected chi connectivity index (χ1v) is 7.05. The summed E-state index contributed by atoms with van der Waals surface area (Å²) >= 11 is 0. The molecule has 2 atom stereocenters. The third-order valence-corrected chi connectivity index (χ3v) is 3.33. The van der Waals surface area contributed by atoms with Crippen molar-refractivity contribution in [3.63, 3.8) is 0 Å². The first kappa shape index (κ1) is 14.8. The molecule has 0 aromatic carbocycles. The number of hydrogen-bond donors (Lipinski definition) is 1. The van der Waals surface area contributed by atoms with Crippen molar-refractivity contribution in [2.75, 3.05) is 13.1 Å². The zero-order chi connectivity index (χ0) is 14.9. The Morgan fingerprint density at radius 2 is 2.25 bits per heavy atom. The van der Waals surface area contributed by atoms with Crippen LogP contribution >= 0.6 is 0 Å². The lowest BCUT2D eigenvalue weighted by molar-refractivity contribution is 0.0288. The van der Waals surface area contributed by atoms with E-state index in [0.29, 0.717) is 13.1 Å². The van der Waals surface area contributed by atoms with Gasteiger partial charge in [-0.15, -0.1) is 0 Å². The minimum absolute atomic E-state index is 0.0620. The van der Waals surface area contributed by atoms with Crippen LogP contribution in [-0.2, 0) is 4.74 Å². The molecule has 1 aliphatic rings. The van der Waals surface area contributed by atoms with Gasteiger partial charge in [-0.1, -0.05) is 0 Å². The van der Waals surface area contributed by atoms with E-state index in [9.17, 15) is 4.79 Å². The van der Waals surface area contributed by atoms with Crippen molar-refractivity contribution < 1.29 is 9.53 Å². The lowest BCUT2D eigenvalue weighted by Gasteiger charge is -2.24. The van der Waals surface area contributed by atoms with E-state index in [1.165, 1.54) is 0 Å². The monoisotopic (exact) mass is 280 g/mol. The lowest BCUT2D eigenvalue weighted by atomic mass is 10.2. The lowest BCUT2D eigenvalue weighted by Crippen LogP contribution is -2.35. The molecule has 2 rings (SSSR count). The van der Waals surface area contributed by atoms with Crippen LogP contribution in [0.25, 0.3) is 0 Å². The van der Waals surface area contributed by atoms with Crippen molar-refractivity contribution in [3.8, 4) is 0 Å². The Morgan fingerprint density at radius 3 is 2.85 bits per heavy atom. The number of nitrogens with two attached hydrogens (primary N) is 1. The number of likely N-dealkylation sites (tertiary alicyclic amines) is 1. The Labute approximate surface area is 119 Å². The van der Waals surface area contributed by atoms with Gasteiger partial charge in [-0.05, 0) is 40.2 Å². The van der Waals surface area contributed by atoms with Crippen LogP contribution in [0.1, 0.15) is 51.9 Å². The van der Waals surface area contributed by atoms with Gasteiger partial charge in [0.25, 0.3) is 0 Å². The molecule has 1 aliphatic heterocycles. The second-order valence-corrected chi connectivity index (χ2v) is 6.36. The predicted octanol–water partition coefficient (Wildman–Crippen LogP) is 2.08. The number of ether oxygens (including phenoxy) is 1. The van der Waals surface area contributed by atoms with Crippen molar-refractivity contribution in [1.82, 2.24) is 14.7 Å². The molecular weight excluding hydrogens is 256 g/mol. The number of carbonyl (C=O) groups is 1. The standard InChI is InChI=1S/C14H24N4O2/c1-10(15)12-5-7-16-18(12)11-6-8-17(9-11)13(19)20-14(2,3)4/h5,7,10-11H,6,8-9,15H2,1-4H3. The Balaban J connectivity index is 2.02. The molecule has 2 unspecified atom stereocenters. The molecule has 1 aromatic rings. The van der Waals surface area contributed by atoms with E-state index in [4.69, 9.17) is 10.5 Å². The van der Waals surface area contributed by atoms with Crippen molar-refractivity contribution in [2.45, 2.75) is 51.8 Å². The average Bonchev–Trinajstić information content (AvgIpc) is 2.95. The topological polar surface area (TPSA) is 73.4 Å². The van der Waals surface area contributed by atoms with Crippen LogP contribution < -0.4 is 5.73 Å². The summed E-state index contributed by atoms with van der Waals surface area (Å²) in [5, 5.41) is 4.35. The maximum atomic E-state index is 12.0. The van der Waals surface area contributed by atoms with Crippen LogP contribution in [-0.4, -0.2) is 39.5 Å². The summed E-state index contributed by atoms with van der Waals surface area (Å²) < 4.78 is 7.34. The number of aromatic nitrogens is 2. The molecule has 0 bridgehead atoms. The molecule has 1 aromatic heterocycles. The molecule has 112 valence electrons. The molecule has 0 aliphatic carbocycles. The largest absolute Gasteiger partial charge is 0.444 e. The first-order valence-electron chi connectivity index (χ1n) is 7.05. The van der Waals surface area contributed by atoms with Gasteiger partial charge < -0.3 is 15.4 Å². The van der Waals surface area contributed by atoms with Crippen molar-refractivity contribution in [2.24, 2.45) is 5.73 Å². The van der Waals surface area contributed by atoms with Crippen LogP contribution in [0.2, 0.25) is 0 Å². The quantitative estimate of drug-likeness (QED) is 0.900. The molecule has 2 N–H and O–H groups in total. The van der Waals surface area contributed by atoms with Gasteiger partial charge in [-0.3, -0.25) is 4.68 Å². The van der Waals surface area contributed by atoms with Crippen molar-refractivity contribution >= 4 is 6.09 Å². The van der Waals surface area contributed by atoms with Gasteiger partial charge in [0.1, 0.15) is 5.60 Å². The smallest absolute Gasteiger partial charge is 0.410 e. The highest BCUT2D eigenvalue weighted by atomic mass is 16.6. The second kappa shape index (κ2) is 5.44. The van der Waals surface area contributed by atoms with E-state index in [2.05, 4.69) is 5.10 Å². The zero-order valence-corrected chi connectivity index (χ0v) is 12.7. The summed E-state index contributed by atoms with van der Waals surface area (Å²) in [6, 6.07) is 2.05. The van der Waals surface area contributed by atoms with E-state index >= 15 is 0 Å². The summed E-state index contributed by atoms with van der Waals surface area (Å²) in [5.41, 5.74) is 6.48. The molecular formula is C14H24N4O2. The highest BCUT2D eigenvalue weighted by Gasteiger charge is 2.31. The Bertz CT molecular complexity index is 476. The highest BCUT2D eigenvalue weighted by Crippen LogP contribution is 2.25. The molecule has 6 nitrogen and oxygen atoms in total. The Hall–Kier alpha value is -1.56. The third kappa shape index (κ3) is 3.30.